The van der Waals surface area contributed by atoms with Crippen LogP contribution in [-0.2, 0) is 0 Å². The molecule has 2 aromatic carbocycles. The fourth-order valence-electron chi connectivity index (χ4n) is 3.13. The summed E-state index contributed by atoms with van der Waals surface area (Å²) in [6.45, 7) is 0.610. The van der Waals surface area contributed by atoms with Gasteiger partial charge in [-0.3, -0.25) is 14.9 Å². The topological polar surface area (TPSA) is 114 Å². The highest BCUT2D eigenvalue weighted by Gasteiger charge is 2.16. The summed E-state index contributed by atoms with van der Waals surface area (Å²) in [5.41, 5.74) is 3.01. The second-order valence-electron chi connectivity index (χ2n) is 6.45. The first-order valence-electron chi connectivity index (χ1n) is 9.29. The van der Waals surface area contributed by atoms with Crippen LogP contribution in [0.25, 0.3) is 16.9 Å². The summed E-state index contributed by atoms with van der Waals surface area (Å²) in [6, 6.07) is 17.9. The van der Waals surface area contributed by atoms with E-state index in [0.717, 1.165) is 11.3 Å². The van der Waals surface area contributed by atoms with Crippen LogP contribution in [0.4, 0.5) is 11.4 Å². The lowest BCUT2D eigenvalue weighted by molar-refractivity contribution is -0.384. The van der Waals surface area contributed by atoms with Gasteiger partial charge < -0.3 is 10.6 Å². The maximum Gasteiger partial charge on any atom is 0.292 e. The molecule has 4 rings (SSSR count). The monoisotopic (exact) mass is 402 g/mol. The van der Waals surface area contributed by atoms with Gasteiger partial charge in [0.25, 0.3) is 11.6 Å². The highest BCUT2D eigenvalue weighted by atomic mass is 16.6. The van der Waals surface area contributed by atoms with E-state index >= 15 is 0 Å². The lowest BCUT2D eigenvalue weighted by Crippen LogP contribution is -2.28. The lowest BCUT2D eigenvalue weighted by atomic mass is 10.1. The number of anilines is 1. The number of carbonyl (C=O) groups is 1. The molecule has 2 N–H and O–H groups in total. The number of carbonyl (C=O) groups excluding carboxylic acids is 1. The van der Waals surface area contributed by atoms with E-state index in [-0.39, 0.29) is 18.1 Å². The number of para-hydroxylation sites is 2. The van der Waals surface area contributed by atoms with Crippen LogP contribution in [0.5, 0.6) is 0 Å². The second kappa shape index (κ2) is 8.39. The zero-order valence-electron chi connectivity index (χ0n) is 15.9. The summed E-state index contributed by atoms with van der Waals surface area (Å²) >= 11 is 0. The number of benzene rings is 2. The fraction of sp³-hybridized carbons (Fsp3) is 0.0952. The van der Waals surface area contributed by atoms with Crippen LogP contribution in [0.1, 0.15) is 10.4 Å². The Balaban J connectivity index is 1.44. The summed E-state index contributed by atoms with van der Waals surface area (Å²) in [7, 11) is 0. The SMILES string of the molecule is O=C(NCCNc1ccccc1[N+](=O)[O-])c1cnn2c(-c3ccccc3)ccnc12. The van der Waals surface area contributed by atoms with Crippen molar-refractivity contribution in [2.45, 2.75) is 0 Å². The minimum atomic E-state index is -0.449. The molecule has 9 heteroatoms. The minimum absolute atomic E-state index is 0.0101. The van der Waals surface area contributed by atoms with Gasteiger partial charge in [0.2, 0.25) is 0 Å². The smallest absolute Gasteiger partial charge is 0.292 e. The van der Waals surface area contributed by atoms with Gasteiger partial charge in [0.05, 0.1) is 16.8 Å². The van der Waals surface area contributed by atoms with Crippen molar-refractivity contribution in [3.63, 3.8) is 0 Å². The molecule has 30 heavy (non-hydrogen) atoms. The zero-order chi connectivity index (χ0) is 20.9. The van der Waals surface area contributed by atoms with E-state index < -0.39 is 4.92 Å². The first kappa shape index (κ1) is 19.1. The highest BCUT2D eigenvalue weighted by molar-refractivity contribution is 5.99. The number of hydrogen-bond acceptors (Lipinski definition) is 6. The van der Waals surface area contributed by atoms with Crippen molar-refractivity contribution in [1.29, 1.82) is 0 Å². The Morgan fingerprint density at radius 2 is 1.80 bits per heavy atom. The van der Waals surface area contributed by atoms with E-state index in [9.17, 15) is 14.9 Å². The van der Waals surface area contributed by atoms with Gasteiger partial charge in [0.15, 0.2) is 5.65 Å². The zero-order valence-corrected chi connectivity index (χ0v) is 15.9. The van der Waals surface area contributed by atoms with Crippen LogP contribution in [0.3, 0.4) is 0 Å². The van der Waals surface area contributed by atoms with E-state index in [1.165, 1.54) is 12.3 Å². The van der Waals surface area contributed by atoms with Gasteiger partial charge in [0, 0.05) is 30.9 Å². The largest absolute Gasteiger partial charge is 0.378 e. The van der Waals surface area contributed by atoms with Crippen molar-refractivity contribution < 1.29 is 9.72 Å². The van der Waals surface area contributed by atoms with E-state index in [4.69, 9.17) is 0 Å². The van der Waals surface area contributed by atoms with Crippen LogP contribution in [0, 0.1) is 10.1 Å². The van der Waals surface area contributed by atoms with Gasteiger partial charge in [-0.2, -0.15) is 5.10 Å². The number of hydrogen-bond donors (Lipinski definition) is 2. The minimum Gasteiger partial charge on any atom is -0.378 e. The van der Waals surface area contributed by atoms with Gasteiger partial charge in [-0.15, -0.1) is 0 Å². The number of amides is 1. The van der Waals surface area contributed by atoms with Crippen molar-refractivity contribution in [2.24, 2.45) is 0 Å². The van der Waals surface area contributed by atoms with E-state index in [1.54, 1.807) is 28.9 Å². The number of nitrogens with one attached hydrogen (secondary N) is 2. The third kappa shape index (κ3) is 3.81. The Morgan fingerprint density at radius 1 is 1.03 bits per heavy atom. The third-order valence-electron chi connectivity index (χ3n) is 4.54. The molecule has 2 aromatic heterocycles. The Kier molecular flexibility index (Phi) is 5.33. The van der Waals surface area contributed by atoms with Gasteiger partial charge in [-0.1, -0.05) is 42.5 Å². The molecule has 0 saturated heterocycles. The molecule has 1 amide bonds. The third-order valence-corrected chi connectivity index (χ3v) is 4.54. The highest BCUT2D eigenvalue weighted by Crippen LogP contribution is 2.23. The molecule has 150 valence electrons. The van der Waals surface area contributed by atoms with E-state index in [1.807, 2.05) is 36.4 Å². The van der Waals surface area contributed by atoms with Crippen molar-refractivity contribution in [2.75, 3.05) is 18.4 Å². The second-order valence-corrected chi connectivity index (χ2v) is 6.45. The Labute approximate surface area is 171 Å². The van der Waals surface area contributed by atoms with Gasteiger partial charge in [-0.05, 0) is 12.1 Å². The van der Waals surface area contributed by atoms with Crippen molar-refractivity contribution in [3.8, 4) is 11.3 Å². The molecule has 0 aliphatic carbocycles. The van der Waals surface area contributed by atoms with Crippen LogP contribution >= 0.6 is 0 Å². The number of nitro groups is 1. The quantitative estimate of drug-likeness (QED) is 0.279. The van der Waals surface area contributed by atoms with Crippen molar-refractivity contribution in [3.05, 3.63) is 88.7 Å². The van der Waals surface area contributed by atoms with Gasteiger partial charge >= 0.3 is 0 Å². The van der Waals surface area contributed by atoms with Crippen LogP contribution in [-0.4, -0.2) is 38.5 Å². The molecule has 4 aromatic rings. The summed E-state index contributed by atoms with van der Waals surface area (Å²) in [5.74, 6) is -0.313. The van der Waals surface area contributed by atoms with Gasteiger partial charge in [0.1, 0.15) is 11.3 Å². The predicted molar refractivity (Wildman–Crippen MR) is 112 cm³/mol. The van der Waals surface area contributed by atoms with Gasteiger partial charge in [-0.25, -0.2) is 9.50 Å². The first-order chi connectivity index (χ1) is 14.6. The molecule has 0 radical (unpaired) electrons. The average Bonchev–Trinajstić information content (AvgIpc) is 3.22. The van der Waals surface area contributed by atoms with Crippen LogP contribution in [0.15, 0.2) is 73.1 Å². The van der Waals surface area contributed by atoms with Crippen LogP contribution < -0.4 is 10.6 Å². The van der Waals surface area contributed by atoms with Crippen LogP contribution in [0.2, 0.25) is 0 Å². The summed E-state index contributed by atoms with van der Waals surface area (Å²) < 4.78 is 1.63. The summed E-state index contributed by atoms with van der Waals surface area (Å²) in [6.07, 6.45) is 3.13. The van der Waals surface area contributed by atoms with Crippen molar-refractivity contribution in [1.82, 2.24) is 19.9 Å². The maximum atomic E-state index is 12.6. The molecule has 0 bridgehead atoms. The molecule has 0 aliphatic rings. The van der Waals surface area contributed by atoms with E-state index in [0.29, 0.717) is 23.4 Å². The maximum absolute atomic E-state index is 12.6. The molecular formula is C21H18N6O3. The average molecular weight is 402 g/mol. The normalized spacial score (nSPS) is 10.7. The summed E-state index contributed by atoms with van der Waals surface area (Å²) in [4.78, 5) is 27.5. The Hall–Kier alpha value is -4.27. The molecule has 0 atom stereocenters. The molecule has 0 saturated carbocycles. The number of rotatable bonds is 7. The fourth-order valence-corrected chi connectivity index (χ4v) is 3.13. The molecule has 0 fully saturated rings. The van der Waals surface area contributed by atoms with Crippen molar-refractivity contribution >= 4 is 22.9 Å². The molecular weight excluding hydrogens is 384 g/mol. The lowest BCUT2D eigenvalue weighted by Gasteiger charge is -2.08. The standard InChI is InChI=1S/C21H18N6O3/c28-21(24-13-12-22-17-8-4-5-9-19(17)27(29)30)16-14-25-26-18(10-11-23-20(16)26)15-6-2-1-3-7-15/h1-11,14,22H,12-13H2,(H,24,28). The number of nitro benzene ring substituents is 1. The molecule has 0 unspecified atom stereocenters. The molecule has 0 aliphatic heterocycles. The molecule has 9 nitrogen and oxygen atoms in total. The summed E-state index contributed by atoms with van der Waals surface area (Å²) in [5, 5.41) is 21.1. The number of nitrogens with zero attached hydrogens (tertiary/aromatic N) is 4. The number of aromatic nitrogens is 3. The number of fused-ring (bicyclic) bond motifs is 1. The predicted octanol–water partition coefficient (Wildman–Crippen LogP) is 3.15. The Bertz CT molecular complexity index is 1210. The van der Waals surface area contributed by atoms with E-state index in [2.05, 4.69) is 20.7 Å². The Morgan fingerprint density at radius 3 is 2.60 bits per heavy atom. The molecule has 0 spiro atoms. The molecule has 2 heterocycles. The first-order valence-corrected chi connectivity index (χ1v) is 9.29.